The molecule has 3 rings (SSSR count). The molecule has 1 aromatic heterocycles. The topological polar surface area (TPSA) is 63.5 Å². The summed E-state index contributed by atoms with van der Waals surface area (Å²) in [5.74, 6) is 1.66. The molecule has 0 bridgehead atoms. The third-order valence-corrected chi connectivity index (χ3v) is 4.66. The standard InChI is InChI=1S/C23H29N5O.HI/c1-18-9-4-7-12-22(18)29-19(2)15-25-23(24-3)26-16-20-10-5-6-11-21(20)17-28-14-8-13-27-28;/h4-14,19H,15-17H2,1-3H3,(H2,24,25,26);1H. The van der Waals surface area contributed by atoms with Gasteiger partial charge >= 0.3 is 0 Å². The van der Waals surface area contributed by atoms with Crippen molar-refractivity contribution in [1.82, 2.24) is 20.4 Å². The molecule has 1 unspecified atom stereocenters. The van der Waals surface area contributed by atoms with Gasteiger partial charge in [-0.1, -0.05) is 42.5 Å². The highest BCUT2D eigenvalue weighted by molar-refractivity contribution is 14.0. The molecule has 0 aliphatic carbocycles. The molecule has 2 aromatic carbocycles. The van der Waals surface area contributed by atoms with Crippen LogP contribution < -0.4 is 15.4 Å². The molecule has 0 spiro atoms. The summed E-state index contributed by atoms with van der Waals surface area (Å²) in [6.07, 6.45) is 3.79. The number of aliphatic imine (C=N–C) groups is 1. The summed E-state index contributed by atoms with van der Waals surface area (Å²) in [6, 6.07) is 18.4. The number of nitrogens with zero attached hydrogens (tertiary/aromatic N) is 3. The molecule has 0 aliphatic rings. The highest BCUT2D eigenvalue weighted by Crippen LogP contribution is 2.17. The summed E-state index contributed by atoms with van der Waals surface area (Å²) >= 11 is 0. The molecular formula is C23H30IN5O. The molecule has 0 saturated carbocycles. The lowest BCUT2D eigenvalue weighted by atomic mass is 10.1. The van der Waals surface area contributed by atoms with Crippen molar-refractivity contribution in [2.45, 2.75) is 33.0 Å². The summed E-state index contributed by atoms with van der Waals surface area (Å²) in [5.41, 5.74) is 3.58. The van der Waals surface area contributed by atoms with E-state index in [-0.39, 0.29) is 30.1 Å². The van der Waals surface area contributed by atoms with Crippen molar-refractivity contribution < 1.29 is 4.74 Å². The zero-order chi connectivity index (χ0) is 20.5. The van der Waals surface area contributed by atoms with Crippen molar-refractivity contribution in [3.05, 3.63) is 83.7 Å². The number of para-hydroxylation sites is 1. The van der Waals surface area contributed by atoms with Gasteiger partial charge in [0, 0.05) is 26.0 Å². The molecular weight excluding hydrogens is 489 g/mol. The molecule has 1 atom stereocenters. The van der Waals surface area contributed by atoms with Crippen LogP contribution in [0.15, 0.2) is 72.0 Å². The van der Waals surface area contributed by atoms with Crippen LogP contribution >= 0.6 is 24.0 Å². The maximum Gasteiger partial charge on any atom is 0.191 e. The number of ether oxygens (including phenoxy) is 1. The summed E-state index contributed by atoms with van der Waals surface area (Å²) in [5, 5.41) is 11.0. The lowest BCUT2D eigenvalue weighted by Gasteiger charge is -2.19. The van der Waals surface area contributed by atoms with E-state index in [1.807, 2.05) is 42.1 Å². The Morgan fingerprint density at radius 3 is 2.50 bits per heavy atom. The van der Waals surface area contributed by atoms with E-state index in [0.29, 0.717) is 13.1 Å². The van der Waals surface area contributed by atoms with Crippen LogP contribution in [0.5, 0.6) is 5.75 Å². The van der Waals surface area contributed by atoms with Gasteiger partial charge < -0.3 is 15.4 Å². The van der Waals surface area contributed by atoms with Gasteiger partial charge in [0.25, 0.3) is 0 Å². The number of aryl methyl sites for hydroxylation is 1. The molecule has 7 heteroatoms. The van der Waals surface area contributed by atoms with Crippen molar-refractivity contribution in [2.24, 2.45) is 4.99 Å². The number of halogens is 1. The maximum absolute atomic E-state index is 6.03. The van der Waals surface area contributed by atoms with Crippen LogP contribution in [0.1, 0.15) is 23.6 Å². The highest BCUT2D eigenvalue weighted by atomic mass is 127. The van der Waals surface area contributed by atoms with Crippen molar-refractivity contribution in [2.75, 3.05) is 13.6 Å². The molecule has 0 radical (unpaired) electrons. The molecule has 160 valence electrons. The molecule has 0 saturated heterocycles. The van der Waals surface area contributed by atoms with Crippen LogP contribution in [-0.4, -0.2) is 35.4 Å². The first kappa shape index (κ1) is 23.7. The minimum atomic E-state index is 0. The number of rotatable bonds is 8. The highest BCUT2D eigenvalue weighted by Gasteiger charge is 2.08. The van der Waals surface area contributed by atoms with E-state index in [1.54, 1.807) is 13.2 Å². The Kier molecular flexibility index (Phi) is 9.66. The predicted molar refractivity (Wildman–Crippen MR) is 133 cm³/mol. The minimum absolute atomic E-state index is 0. The molecule has 0 amide bonds. The maximum atomic E-state index is 6.03. The first-order valence-corrected chi connectivity index (χ1v) is 9.86. The zero-order valence-electron chi connectivity index (χ0n) is 17.7. The zero-order valence-corrected chi connectivity index (χ0v) is 20.0. The Bertz CT molecular complexity index is 927. The fraction of sp³-hybridized carbons (Fsp3) is 0.304. The monoisotopic (exact) mass is 519 g/mol. The lowest BCUT2D eigenvalue weighted by Crippen LogP contribution is -2.41. The molecule has 0 fully saturated rings. The van der Waals surface area contributed by atoms with Crippen LogP contribution in [-0.2, 0) is 13.1 Å². The Morgan fingerprint density at radius 2 is 1.80 bits per heavy atom. The molecule has 3 aromatic rings. The summed E-state index contributed by atoms with van der Waals surface area (Å²) in [7, 11) is 1.78. The summed E-state index contributed by atoms with van der Waals surface area (Å²) in [4.78, 5) is 4.33. The first-order chi connectivity index (χ1) is 14.2. The Morgan fingerprint density at radius 1 is 1.07 bits per heavy atom. The van der Waals surface area contributed by atoms with Gasteiger partial charge in [-0.25, -0.2) is 0 Å². The van der Waals surface area contributed by atoms with Crippen molar-refractivity contribution in [1.29, 1.82) is 0 Å². The van der Waals surface area contributed by atoms with E-state index in [9.17, 15) is 0 Å². The van der Waals surface area contributed by atoms with Gasteiger partial charge in [0.1, 0.15) is 11.9 Å². The van der Waals surface area contributed by atoms with Gasteiger partial charge in [-0.05, 0) is 42.7 Å². The smallest absolute Gasteiger partial charge is 0.191 e. The Balaban J connectivity index is 0.00000320. The average Bonchev–Trinajstić information content (AvgIpc) is 3.24. The second kappa shape index (κ2) is 12.2. The number of aromatic nitrogens is 2. The van der Waals surface area contributed by atoms with E-state index in [0.717, 1.165) is 23.8 Å². The van der Waals surface area contributed by atoms with Crippen LogP contribution in [0.4, 0.5) is 0 Å². The van der Waals surface area contributed by atoms with Crippen LogP contribution in [0.3, 0.4) is 0 Å². The Hall–Kier alpha value is -2.55. The van der Waals surface area contributed by atoms with Crippen molar-refractivity contribution in [3.63, 3.8) is 0 Å². The third kappa shape index (κ3) is 7.05. The predicted octanol–water partition coefficient (Wildman–Crippen LogP) is 3.99. The SMILES string of the molecule is CN=C(NCc1ccccc1Cn1cccn1)NCC(C)Oc1ccccc1C.I. The second-order valence-electron chi connectivity index (χ2n) is 6.97. The number of hydrogen-bond donors (Lipinski definition) is 2. The van der Waals surface area contributed by atoms with Crippen molar-refractivity contribution in [3.8, 4) is 5.75 Å². The Labute approximate surface area is 195 Å². The van der Waals surface area contributed by atoms with E-state index in [2.05, 4.69) is 58.0 Å². The number of nitrogens with one attached hydrogen (secondary N) is 2. The summed E-state index contributed by atoms with van der Waals surface area (Å²) in [6.45, 7) is 6.19. The van der Waals surface area contributed by atoms with Gasteiger partial charge in [-0.3, -0.25) is 9.67 Å². The van der Waals surface area contributed by atoms with E-state index in [1.165, 1.54) is 11.1 Å². The van der Waals surface area contributed by atoms with Gasteiger partial charge in [0.15, 0.2) is 5.96 Å². The molecule has 2 N–H and O–H groups in total. The quantitative estimate of drug-likeness (QED) is 0.269. The molecule has 6 nitrogen and oxygen atoms in total. The number of benzene rings is 2. The minimum Gasteiger partial charge on any atom is -0.489 e. The fourth-order valence-electron chi connectivity index (χ4n) is 3.04. The van der Waals surface area contributed by atoms with E-state index >= 15 is 0 Å². The van der Waals surface area contributed by atoms with Gasteiger partial charge in [-0.15, -0.1) is 24.0 Å². The number of guanidine groups is 1. The summed E-state index contributed by atoms with van der Waals surface area (Å²) < 4.78 is 7.95. The van der Waals surface area contributed by atoms with Gasteiger partial charge in [-0.2, -0.15) is 5.10 Å². The van der Waals surface area contributed by atoms with E-state index < -0.39 is 0 Å². The van der Waals surface area contributed by atoms with Gasteiger partial charge in [0.2, 0.25) is 0 Å². The fourth-order valence-corrected chi connectivity index (χ4v) is 3.04. The van der Waals surface area contributed by atoms with Crippen LogP contribution in [0.25, 0.3) is 0 Å². The third-order valence-electron chi connectivity index (χ3n) is 4.66. The van der Waals surface area contributed by atoms with Crippen molar-refractivity contribution >= 4 is 29.9 Å². The average molecular weight is 519 g/mol. The normalized spacial score (nSPS) is 12.0. The van der Waals surface area contributed by atoms with Crippen LogP contribution in [0, 0.1) is 6.92 Å². The lowest BCUT2D eigenvalue weighted by molar-refractivity contribution is 0.222. The first-order valence-electron chi connectivity index (χ1n) is 9.86. The van der Waals surface area contributed by atoms with Gasteiger partial charge in [0.05, 0.1) is 13.1 Å². The van der Waals surface area contributed by atoms with Crippen LogP contribution in [0.2, 0.25) is 0 Å². The largest absolute Gasteiger partial charge is 0.489 e. The second-order valence-corrected chi connectivity index (χ2v) is 6.97. The number of hydrogen-bond acceptors (Lipinski definition) is 3. The van der Waals surface area contributed by atoms with E-state index in [4.69, 9.17) is 4.74 Å². The molecule has 1 heterocycles. The molecule has 30 heavy (non-hydrogen) atoms. The molecule has 0 aliphatic heterocycles.